The summed E-state index contributed by atoms with van der Waals surface area (Å²) in [5.74, 6) is -1.68. The predicted molar refractivity (Wildman–Crippen MR) is 91.1 cm³/mol. The molecule has 1 fully saturated rings. The van der Waals surface area contributed by atoms with Gasteiger partial charge in [0, 0.05) is 19.3 Å². The molecule has 138 valence electrons. The van der Waals surface area contributed by atoms with Gasteiger partial charge in [0.2, 0.25) is 5.91 Å². The number of carboxylic acid groups (broad SMARTS) is 1. The van der Waals surface area contributed by atoms with E-state index < -0.39 is 17.4 Å². The van der Waals surface area contributed by atoms with Gasteiger partial charge < -0.3 is 15.3 Å². The maximum atomic E-state index is 12.4. The Balaban J connectivity index is 1.95. The van der Waals surface area contributed by atoms with Crippen LogP contribution in [-0.4, -0.2) is 56.2 Å². The van der Waals surface area contributed by atoms with Crippen molar-refractivity contribution in [2.75, 3.05) is 7.05 Å². The molecule has 1 saturated carbocycles. The van der Waals surface area contributed by atoms with Crippen LogP contribution < -0.4 is 5.32 Å². The van der Waals surface area contributed by atoms with Gasteiger partial charge in [-0.25, -0.2) is 4.79 Å². The maximum absolute atomic E-state index is 12.4. The summed E-state index contributed by atoms with van der Waals surface area (Å²) in [6.45, 7) is 2.94. The van der Waals surface area contributed by atoms with Crippen molar-refractivity contribution >= 4 is 17.8 Å². The molecule has 2 N–H and O–H groups in total. The predicted octanol–water partition coefficient (Wildman–Crippen LogP) is 1.27. The number of likely N-dealkylation sites (N-methyl/N-ethyl adjacent to an activating group) is 1. The molecule has 2 rings (SSSR count). The normalized spacial score (nSPS) is 15.6. The number of nitrogens with one attached hydrogen (secondary N) is 1. The zero-order chi connectivity index (χ0) is 18.6. The molecule has 0 spiro atoms. The van der Waals surface area contributed by atoms with E-state index >= 15 is 0 Å². The number of carboxylic acids is 1. The van der Waals surface area contributed by atoms with Crippen LogP contribution in [-0.2, 0) is 16.1 Å². The lowest BCUT2D eigenvalue weighted by atomic mass is 9.95. The second-order valence-electron chi connectivity index (χ2n) is 7.06. The third-order valence-corrected chi connectivity index (χ3v) is 4.82. The molecule has 2 amide bonds. The standard InChI is InChI=1S/C17H26N4O4/c1-17(2,16(24)25)20(3)15(23)12-9-18-21(10-12)11-14(22)19-13-7-5-4-6-8-13/h9-10,13H,4-8,11H2,1-3H3,(H,19,22)(H,24,25). The summed E-state index contributed by atoms with van der Waals surface area (Å²) in [4.78, 5) is 36.9. The van der Waals surface area contributed by atoms with Gasteiger partial charge in [0.25, 0.3) is 5.91 Å². The lowest BCUT2D eigenvalue weighted by Crippen LogP contribution is -2.50. The Morgan fingerprint density at radius 3 is 2.56 bits per heavy atom. The Morgan fingerprint density at radius 1 is 1.32 bits per heavy atom. The number of aliphatic carboxylic acids is 1. The van der Waals surface area contributed by atoms with Crippen molar-refractivity contribution in [1.29, 1.82) is 0 Å². The van der Waals surface area contributed by atoms with Gasteiger partial charge >= 0.3 is 5.97 Å². The second-order valence-corrected chi connectivity index (χ2v) is 7.06. The lowest BCUT2D eigenvalue weighted by Gasteiger charge is -2.31. The van der Waals surface area contributed by atoms with E-state index in [1.54, 1.807) is 0 Å². The van der Waals surface area contributed by atoms with Gasteiger partial charge in [-0.15, -0.1) is 0 Å². The third kappa shape index (κ3) is 4.58. The number of carbonyl (C=O) groups is 3. The first-order valence-corrected chi connectivity index (χ1v) is 8.55. The summed E-state index contributed by atoms with van der Waals surface area (Å²) in [7, 11) is 1.43. The first-order chi connectivity index (χ1) is 11.7. The van der Waals surface area contributed by atoms with Crippen LogP contribution in [0, 0.1) is 0 Å². The first kappa shape index (κ1) is 19.0. The van der Waals surface area contributed by atoms with Crippen molar-refractivity contribution in [2.24, 2.45) is 0 Å². The largest absolute Gasteiger partial charge is 0.480 e. The van der Waals surface area contributed by atoms with Crippen LogP contribution in [0.1, 0.15) is 56.3 Å². The van der Waals surface area contributed by atoms with Crippen molar-refractivity contribution in [1.82, 2.24) is 20.0 Å². The molecule has 0 unspecified atom stereocenters. The highest BCUT2D eigenvalue weighted by Gasteiger charge is 2.36. The van der Waals surface area contributed by atoms with Gasteiger partial charge in [-0.3, -0.25) is 14.3 Å². The fraction of sp³-hybridized carbons (Fsp3) is 0.647. The van der Waals surface area contributed by atoms with E-state index in [0.717, 1.165) is 30.6 Å². The average Bonchev–Trinajstić information content (AvgIpc) is 3.02. The molecule has 0 bridgehead atoms. The molecule has 8 heteroatoms. The summed E-state index contributed by atoms with van der Waals surface area (Å²) in [6.07, 6.45) is 8.32. The molecule has 1 aliphatic carbocycles. The minimum Gasteiger partial charge on any atom is -0.480 e. The van der Waals surface area contributed by atoms with Gasteiger partial charge in [-0.2, -0.15) is 5.10 Å². The van der Waals surface area contributed by atoms with Crippen LogP contribution >= 0.6 is 0 Å². The molecule has 1 aromatic rings. The van der Waals surface area contributed by atoms with E-state index in [0.29, 0.717) is 0 Å². The molecule has 0 aliphatic heterocycles. The molecule has 0 radical (unpaired) electrons. The second kappa shape index (κ2) is 7.67. The van der Waals surface area contributed by atoms with Crippen LogP contribution in [0.4, 0.5) is 0 Å². The number of amides is 2. The highest BCUT2D eigenvalue weighted by molar-refractivity contribution is 5.97. The quantitative estimate of drug-likeness (QED) is 0.804. The van der Waals surface area contributed by atoms with Crippen LogP contribution in [0.3, 0.4) is 0 Å². The molecular formula is C17H26N4O4. The minimum atomic E-state index is -1.34. The Bertz CT molecular complexity index is 647. The zero-order valence-electron chi connectivity index (χ0n) is 15.0. The minimum absolute atomic E-state index is 0.0375. The number of carbonyl (C=O) groups excluding carboxylic acids is 2. The SMILES string of the molecule is CN(C(=O)c1cnn(CC(=O)NC2CCCCC2)c1)C(C)(C)C(=O)O. The highest BCUT2D eigenvalue weighted by Crippen LogP contribution is 2.18. The molecule has 25 heavy (non-hydrogen) atoms. The monoisotopic (exact) mass is 350 g/mol. The topological polar surface area (TPSA) is 105 Å². The molecular weight excluding hydrogens is 324 g/mol. The number of aromatic nitrogens is 2. The Labute approximate surface area is 147 Å². The number of rotatable bonds is 6. The van der Waals surface area contributed by atoms with E-state index in [2.05, 4.69) is 10.4 Å². The molecule has 0 atom stereocenters. The summed E-state index contributed by atoms with van der Waals surface area (Å²) < 4.78 is 1.40. The first-order valence-electron chi connectivity index (χ1n) is 8.55. The van der Waals surface area contributed by atoms with Crippen molar-refractivity contribution in [2.45, 2.75) is 64.1 Å². The van der Waals surface area contributed by atoms with E-state index in [-0.39, 0.29) is 24.1 Å². The molecule has 0 saturated heterocycles. The zero-order valence-corrected chi connectivity index (χ0v) is 15.0. The van der Waals surface area contributed by atoms with Crippen molar-refractivity contribution in [3.63, 3.8) is 0 Å². The number of hydrogen-bond donors (Lipinski definition) is 2. The van der Waals surface area contributed by atoms with Crippen LogP contribution in [0.25, 0.3) is 0 Å². The third-order valence-electron chi connectivity index (χ3n) is 4.82. The van der Waals surface area contributed by atoms with Gasteiger partial charge in [0.05, 0.1) is 11.8 Å². The van der Waals surface area contributed by atoms with E-state index in [9.17, 15) is 19.5 Å². The molecule has 1 aliphatic rings. The van der Waals surface area contributed by atoms with Crippen LogP contribution in [0.15, 0.2) is 12.4 Å². The van der Waals surface area contributed by atoms with Crippen molar-refractivity contribution in [3.8, 4) is 0 Å². The fourth-order valence-electron chi connectivity index (χ4n) is 2.82. The van der Waals surface area contributed by atoms with Gasteiger partial charge in [0.1, 0.15) is 12.1 Å². The van der Waals surface area contributed by atoms with E-state index in [4.69, 9.17) is 0 Å². The van der Waals surface area contributed by atoms with Gasteiger partial charge in [-0.1, -0.05) is 19.3 Å². The van der Waals surface area contributed by atoms with Crippen LogP contribution in [0.2, 0.25) is 0 Å². The molecule has 1 heterocycles. The fourth-order valence-corrected chi connectivity index (χ4v) is 2.82. The highest BCUT2D eigenvalue weighted by atomic mass is 16.4. The average molecular weight is 350 g/mol. The maximum Gasteiger partial charge on any atom is 0.329 e. The molecule has 0 aromatic carbocycles. The summed E-state index contributed by atoms with van der Waals surface area (Å²) in [5.41, 5.74) is -1.08. The number of hydrogen-bond acceptors (Lipinski definition) is 4. The Morgan fingerprint density at radius 2 is 1.96 bits per heavy atom. The van der Waals surface area contributed by atoms with Crippen molar-refractivity contribution < 1.29 is 19.5 Å². The number of nitrogens with zero attached hydrogens (tertiary/aromatic N) is 3. The Kier molecular flexibility index (Phi) is 5.81. The van der Waals surface area contributed by atoms with E-state index in [1.807, 2.05) is 0 Å². The lowest BCUT2D eigenvalue weighted by molar-refractivity contribution is -0.147. The molecule has 1 aromatic heterocycles. The summed E-state index contributed by atoms with van der Waals surface area (Å²) >= 11 is 0. The van der Waals surface area contributed by atoms with Crippen molar-refractivity contribution in [3.05, 3.63) is 18.0 Å². The summed E-state index contributed by atoms with van der Waals surface area (Å²) in [5, 5.41) is 16.3. The smallest absolute Gasteiger partial charge is 0.329 e. The Hall–Kier alpha value is -2.38. The molecule has 8 nitrogen and oxygen atoms in total. The van der Waals surface area contributed by atoms with E-state index in [1.165, 1.54) is 44.4 Å². The summed E-state index contributed by atoms with van der Waals surface area (Å²) in [6, 6.07) is 0.223. The van der Waals surface area contributed by atoms with Crippen LogP contribution in [0.5, 0.6) is 0 Å². The van der Waals surface area contributed by atoms with Gasteiger partial charge in [0.15, 0.2) is 0 Å². The van der Waals surface area contributed by atoms with Gasteiger partial charge in [-0.05, 0) is 26.7 Å².